The van der Waals surface area contributed by atoms with E-state index < -0.39 is 23.9 Å². The number of nitrogens with zero attached hydrogens (tertiary/aromatic N) is 2. The quantitative estimate of drug-likeness (QED) is 0.807. The highest BCUT2D eigenvalue weighted by Gasteiger charge is 2.33. The van der Waals surface area contributed by atoms with E-state index in [1.807, 2.05) is 0 Å². The van der Waals surface area contributed by atoms with E-state index in [1.54, 1.807) is 16.8 Å². The number of nitrogens with two attached hydrogens (primary N) is 1. The molecule has 0 bridgehead atoms. The topological polar surface area (TPSA) is 84.1 Å². The Bertz CT molecular complexity index is 574. The molecule has 2 aromatic heterocycles. The summed E-state index contributed by atoms with van der Waals surface area (Å²) in [5.74, 6) is -0.563. The number of halogens is 3. The summed E-state index contributed by atoms with van der Waals surface area (Å²) in [7, 11) is 0. The van der Waals surface area contributed by atoms with Gasteiger partial charge in [-0.2, -0.15) is 29.5 Å². The van der Waals surface area contributed by atoms with Crippen molar-refractivity contribution in [1.82, 2.24) is 9.97 Å². The van der Waals surface area contributed by atoms with Gasteiger partial charge in [0.15, 0.2) is 5.69 Å². The van der Waals surface area contributed by atoms with Gasteiger partial charge in [0.25, 0.3) is 0 Å². The molecule has 2 aromatic rings. The Morgan fingerprint density at radius 3 is 2.75 bits per heavy atom. The molecule has 0 amide bonds. The molecule has 2 heterocycles. The first-order valence-electron chi connectivity index (χ1n) is 5.52. The normalized spacial score (nSPS) is 13.2. The van der Waals surface area contributed by atoms with Crippen molar-refractivity contribution in [2.24, 2.45) is 0 Å². The highest BCUT2D eigenvalue weighted by atomic mass is 32.1. The van der Waals surface area contributed by atoms with Gasteiger partial charge in [0.1, 0.15) is 5.82 Å². The van der Waals surface area contributed by atoms with E-state index in [-0.39, 0.29) is 12.4 Å². The number of anilines is 2. The maximum absolute atomic E-state index is 12.5. The molecule has 0 fully saturated rings. The van der Waals surface area contributed by atoms with Gasteiger partial charge >= 0.3 is 6.18 Å². The number of nitrogen functional groups attached to an aromatic ring is 1. The summed E-state index contributed by atoms with van der Waals surface area (Å²) < 4.78 is 37.6. The summed E-state index contributed by atoms with van der Waals surface area (Å²) in [6.45, 7) is 0.0183. The maximum atomic E-state index is 12.5. The second kappa shape index (κ2) is 5.63. The van der Waals surface area contributed by atoms with Crippen LogP contribution in [0.2, 0.25) is 0 Å². The zero-order chi connectivity index (χ0) is 14.8. The molecule has 0 radical (unpaired) electrons. The second-order valence-electron chi connectivity index (χ2n) is 3.95. The molecule has 0 aliphatic heterocycles. The van der Waals surface area contributed by atoms with Crippen molar-refractivity contribution in [1.29, 1.82) is 0 Å². The fourth-order valence-electron chi connectivity index (χ4n) is 1.49. The number of alkyl halides is 3. The van der Waals surface area contributed by atoms with E-state index >= 15 is 0 Å². The Kier molecular flexibility index (Phi) is 4.09. The summed E-state index contributed by atoms with van der Waals surface area (Å²) in [5.41, 5.74) is 4.79. The molecule has 5 nitrogen and oxygen atoms in total. The fraction of sp³-hybridized carbons (Fsp3) is 0.273. The van der Waals surface area contributed by atoms with Crippen molar-refractivity contribution in [3.8, 4) is 0 Å². The van der Waals surface area contributed by atoms with Gasteiger partial charge in [0, 0.05) is 12.6 Å². The lowest BCUT2D eigenvalue weighted by Gasteiger charge is -2.13. The average molecular weight is 304 g/mol. The van der Waals surface area contributed by atoms with Gasteiger partial charge in [-0.15, -0.1) is 0 Å². The van der Waals surface area contributed by atoms with Crippen LogP contribution in [0, 0.1) is 0 Å². The number of aromatic nitrogens is 2. The first-order valence-corrected chi connectivity index (χ1v) is 6.46. The van der Waals surface area contributed by atoms with Crippen molar-refractivity contribution < 1.29 is 18.3 Å². The van der Waals surface area contributed by atoms with E-state index in [9.17, 15) is 18.3 Å². The molecule has 0 saturated carbocycles. The summed E-state index contributed by atoms with van der Waals surface area (Å²) in [6.07, 6.45) is -5.44. The number of rotatable bonds is 4. The van der Waals surface area contributed by atoms with Crippen LogP contribution in [0.4, 0.5) is 24.9 Å². The third-order valence-corrected chi connectivity index (χ3v) is 3.14. The van der Waals surface area contributed by atoms with Crippen molar-refractivity contribution in [2.45, 2.75) is 12.3 Å². The third-order valence-electron chi connectivity index (χ3n) is 2.44. The van der Waals surface area contributed by atoms with Crippen LogP contribution in [-0.2, 0) is 6.18 Å². The zero-order valence-corrected chi connectivity index (χ0v) is 10.9. The van der Waals surface area contributed by atoms with Crippen LogP contribution in [0.3, 0.4) is 0 Å². The molecule has 0 aliphatic rings. The van der Waals surface area contributed by atoms with Crippen LogP contribution in [0.1, 0.15) is 17.4 Å². The largest absolute Gasteiger partial charge is 0.433 e. The van der Waals surface area contributed by atoms with E-state index in [2.05, 4.69) is 15.3 Å². The van der Waals surface area contributed by atoms with Crippen molar-refractivity contribution in [3.63, 3.8) is 0 Å². The van der Waals surface area contributed by atoms with Crippen LogP contribution in [0.25, 0.3) is 0 Å². The van der Waals surface area contributed by atoms with Gasteiger partial charge in [-0.1, -0.05) is 0 Å². The van der Waals surface area contributed by atoms with Crippen LogP contribution >= 0.6 is 11.3 Å². The van der Waals surface area contributed by atoms with Gasteiger partial charge in [-0.05, 0) is 22.4 Å². The predicted octanol–water partition coefficient (Wildman–Crippen LogP) is 2.28. The Hall–Kier alpha value is -1.87. The lowest BCUT2D eigenvalue weighted by molar-refractivity contribution is -0.141. The molecule has 0 aromatic carbocycles. The van der Waals surface area contributed by atoms with Crippen molar-refractivity contribution in [2.75, 3.05) is 17.6 Å². The lowest BCUT2D eigenvalue weighted by atomic mass is 10.2. The van der Waals surface area contributed by atoms with Crippen LogP contribution in [0.5, 0.6) is 0 Å². The molecule has 1 unspecified atom stereocenters. The lowest BCUT2D eigenvalue weighted by Crippen LogP contribution is -2.16. The average Bonchev–Trinajstić information content (AvgIpc) is 2.88. The predicted molar refractivity (Wildman–Crippen MR) is 69.2 cm³/mol. The molecular weight excluding hydrogens is 293 g/mol. The summed E-state index contributed by atoms with van der Waals surface area (Å²) >= 11 is 1.42. The Balaban J connectivity index is 2.08. The van der Waals surface area contributed by atoms with E-state index in [4.69, 9.17) is 5.73 Å². The van der Waals surface area contributed by atoms with E-state index in [0.717, 1.165) is 6.07 Å². The molecule has 4 N–H and O–H groups in total. The Morgan fingerprint density at radius 1 is 1.40 bits per heavy atom. The number of hydrogen-bond donors (Lipinski definition) is 3. The minimum Gasteiger partial charge on any atom is -0.387 e. The molecule has 108 valence electrons. The molecule has 0 spiro atoms. The summed E-state index contributed by atoms with van der Waals surface area (Å²) in [5, 5.41) is 16.0. The smallest absolute Gasteiger partial charge is 0.387 e. The van der Waals surface area contributed by atoms with Crippen LogP contribution in [0.15, 0.2) is 22.9 Å². The van der Waals surface area contributed by atoms with E-state index in [1.165, 1.54) is 11.3 Å². The van der Waals surface area contributed by atoms with Gasteiger partial charge in [-0.3, -0.25) is 0 Å². The first kappa shape index (κ1) is 14.5. The van der Waals surface area contributed by atoms with Crippen molar-refractivity contribution >= 4 is 23.1 Å². The molecule has 0 aliphatic carbocycles. The van der Waals surface area contributed by atoms with Gasteiger partial charge < -0.3 is 16.2 Å². The highest BCUT2D eigenvalue weighted by molar-refractivity contribution is 7.07. The Morgan fingerprint density at radius 2 is 2.15 bits per heavy atom. The van der Waals surface area contributed by atoms with Crippen LogP contribution in [-0.4, -0.2) is 21.6 Å². The first-order chi connectivity index (χ1) is 9.36. The molecule has 20 heavy (non-hydrogen) atoms. The molecule has 2 rings (SSSR count). The number of aliphatic hydroxyl groups excluding tert-OH is 1. The fourth-order valence-corrected chi connectivity index (χ4v) is 2.19. The summed E-state index contributed by atoms with van der Waals surface area (Å²) in [4.78, 5) is 6.77. The third kappa shape index (κ3) is 3.58. The molecule has 0 saturated heterocycles. The highest BCUT2D eigenvalue weighted by Crippen LogP contribution is 2.29. The zero-order valence-electron chi connectivity index (χ0n) is 10.1. The minimum absolute atomic E-state index is 0.0183. The van der Waals surface area contributed by atoms with Crippen molar-refractivity contribution in [3.05, 3.63) is 34.2 Å². The monoisotopic (exact) mass is 304 g/mol. The SMILES string of the molecule is Nc1nc(NCC(O)c2ccsc2)cc(C(F)(F)F)n1. The molecule has 9 heteroatoms. The second-order valence-corrected chi connectivity index (χ2v) is 4.73. The summed E-state index contributed by atoms with van der Waals surface area (Å²) in [6, 6.07) is 2.48. The van der Waals surface area contributed by atoms with Gasteiger partial charge in [0.05, 0.1) is 6.10 Å². The molecule has 1 atom stereocenters. The van der Waals surface area contributed by atoms with Gasteiger partial charge in [0.2, 0.25) is 5.95 Å². The Labute approximate surface area is 116 Å². The number of thiophene rings is 1. The number of hydrogen-bond acceptors (Lipinski definition) is 6. The van der Waals surface area contributed by atoms with E-state index in [0.29, 0.717) is 5.56 Å². The maximum Gasteiger partial charge on any atom is 0.433 e. The van der Waals surface area contributed by atoms with Gasteiger partial charge in [-0.25, -0.2) is 4.98 Å². The van der Waals surface area contributed by atoms with Crippen LogP contribution < -0.4 is 11.1 Å². The number of aliphatic hydroxyl groups is 1. The molecular formula is C11H11F3N4OS. The number of nitrogens with one attached hydrogen (secondary N) is 1. The minimum atomic E-state index is -4.60. The standard InChI is InChI=1S/C11H11F3N4OS/c12-11(13,14)8-3-9(18-10(15)17-8)16-4-7(19)6-1-2-20-5-6/h1-3,5,7,19H,4H2,(H3,15,16,17,18).